The molecular formula is C12H23N3O2S. The lowest BCUT2D eigenvalue weighted by atomic mass is 10.3. The van der Waals surface area contributed by atoms with Gasteiger partial charge in [0.1, 0.15) is 0 Å². The monoisotopic (exact) mass is 273 g/mol. The highest BCUT2D eigenvalue weighted by Crippen LogP contribution is 2.15. The fourth-order valence-electron chi connectivity index (χ4n) is 1.74. The maximum atomic E-state index is 11.1. The van der Waals surface area contributed by atoms with Gasteiger partial charge in [0.05, 0.1) is 12.6 Å². The highest BCUT2D eigenvalue weighted by molar-refractivity contribution is 7.84. The van der Waals surface area contributed by atoms with Crippen LogP contribution >= 0.6 is 0 Å². The van der Waals surface area contributed by atoms with Gasteiger partial charge in [0.2, 0.25) is 5.95 Å². The van der Waals surface area contributed by atoms with Crippen LogP contribution in [0, 0.1) is 0 Å². The third kappa shape index (κ3) is 4.78. The molecule has 3 atom stereocenters. The summed E-state index contributed by atoms with van der Waals surface area (Å²) in [6.45, 7) is 4.81. The van der Waals surface area contributed by atoms with Gasteiger partial charge in [-0.2, -0.15) is 0 Å². The van der Waals surface area contributed by atoms with Crippen molar-refractivity contribution in [1.82, 2.24) is 9.55 Å². The normalized spacial score (nSPS) is 16.2. The van der Waals surface area contributed by atoms with E-state index in [0.717, 1.165) is 12.4 Å². The number of ether oxygens (including phenoxy) is 1. The van der Waals surface area contributed by atoms with Gasteiger partial charge in [-0.25, -0.2) is 4.98 Å². The second-order valence-corrected chi connectivity index (χ2v) is 6.13. The van der Waals surface area contributed by atoms with Crippen LogP contribution in [0.15, 0.2) is 12.4 Å². The molecule has 0 spiro atoms. The van der Waals surface area contributed by atoms with E-state index in [4.69, 9.17) is 4.74 Å². The molecule has 18 heavy (non-hydrogen) atoms. The first kappa shape index (κ1) is 15.2. The average Bonchev–Trinajstić information content (AvgIpc) is 2.75. The topological polar surface area (TPSA) is 56.1 Å². The van der Waals surface area contributed by atoms with E-state index < -0.39 is 10.8 Å². The Kier molecular flexibility index (Phi) is 6.35. The minimum atomic E-state index is -0.739. The van der Waals surface area contributed by atoms with E-state index in [1.54, 1.807) is 19.6 Å². The highest BCUT2D eigenvalue weighted by Gasteiger charge is 2.12. The van der Waals surface area contributed by atoms with Crippen molar-refractivity contribution >= 4 is 16.7 Å². The molecule has 0 saturated heterocycles. The van der Waals surface area contributed by atoms with Gasteiger partial charge in [0.15, 0.2) is 0 Å². The van der Waals surface area contributed by atoms with Gasteiger partial charge >= 0.3 is 0 Å². The molecular weight excluding hydrogens is 250 g/mol. The van der Waals surface area contributed by atoms with Crippen molar-refractivity contribution in [2.45, 2.75) is 32.4 Å². The van der Waals surface area contributed by atoms with Crippen LogP contribution in [0.5, 0.6) is 0 Å². The van der Waals surface area contributed by atoms with Crippen molar-refractivity contribution in [3.05, 3.63) is 12.4 Å². The number of imidazole rings is 1. The maximum absolute atomic E-state index is 11.1. The molecule has 1 aromatic heterocycles. The molecule has 0 bridgehead atoms. The van der Waals surface area contributed by atoms with E-state index in [2.05, 4.69) is 28.7 Å². The minimum Gasteiger partial charge on any atom is -0.383 e. The zero-order valence-corrected chi connectivity index (χ0v) is 12.4. The number of anilines is 1. The molecule has 0 saturated carbocycles. The third-order valence-electron chi connectivity index (χ3n) is 2.77. The van der Waals surface area contributed by atoms with Crippen LogP contribution in [0.3, 0.4) is 0 Å². The van der Waals surface area contributed by atoms with Crippen molar-refractivity contribution in [2.24, 2.45) is 0 Å². The Labute approximate surface area is 111 Å². The van der Waals surface area contributed by atoms with E-state index in [0.29, 0.717) is 12.4 Å². The van der Waals surface area contributed by atoms with E-state index in [1.807, 2.05) is 6.20 Å². The number of nitrogens with zero attached hydrogens (tertiary/aromatic N) is 2. The van der Waals surface area contributed by atoms with E-state index in [1.165, 1.54) is 0 Å². The Morgan fingerprint density at radius 3 is 2.89 bits per heavy atom. The largest absolute Gasteiger partial charge is 0.383 e. The smallest absolute Gasteiger partial charge is 0.203 e. The summed E-state index contributed by atoms with van der Waals surface area (Å²) in [6, 6.07) is 0.498. The van der Waals surface area contributed by atoms with Crippen molar-refractivity contribution in [1.29, 1.82) is 0 Å². The zero-order chi connectivity index (χ0) is 13.5. The first-order chi connectivity index (χ1) is 8.54. The van der Waals surface area contributed by atoms with Gasteiger partial charge in [-0.1, -0.05) is 0 Å². The zero-order valence-electron chi connectivity index (χ0n) is 11.5. The molecule has 1 N–H and O–H groups in total. The quantitative estimate of drug-likeness (QED) is 0.782. The summed E-state index contributed by atoms with van der Waals surface area (Å²) in [5, 5.41) is 3.35. The maximum Gasteiger partial charge on any atom is 0.203 e. The van der Waals surface area contributed by atoms with Gasteiger partial charge in [-0.3, -0.25) is 4.21 Å². The summed E-state index contributed by atoms with van der Waals surface area (Å²) in [5.41, 5.74) is 0. The summed E-state index contributed by atoms with van der Waals surface area (Å²) in [6.07, 6.45) is 6.32. The van der Waals surface area contributed by atoms with Crippen LogP contribution in [-0.4, -0.2) is 45.5 Å². The molecule has 0 fully saturated rings. The predicted molar refractivity (Wildman–Crippen MR) is 75.4 cm³/mol. The number of hydrogen-bond acceptors (Lipinski definition) is 4. The molecule has 0 aromatic carbocycles. The lowest BCUT2D eigenvalue weighted by Crippen LogP contribution is -2.22. The Hall–Kier alpha value is -0.880. The van der Waals surface area contributed by atoms with Crippen LogP contribution in [0.2, 0.25) is 0 Å². The summed E-state index contributed by atoms with van der Waals surface area (Å²) in [7, 11) is 0.955. The van der Waals surface area contributed by atoms with Gasteiger partial charge < -0.3 is 14.6 Å². The van der Waals surface area contributed by atoms with Crippen molar-refractivity contribution in [3.8, 4) is 0 Å². The number of nitrogens with one attached hydrogen (secondary N) is 1. The molecule has 1 rings (SSSR count). The average molecular weight is 273 g/mol. The van der Waals surface area contributed by atoms with Crippen molar-refractivity contribution in [3.63, 3.8) is 0 Å². The molecule has 0 aliphatic heterocycles. The standard InChI is InChI=1S/C12H23N3O2S/c1-10(5-8-18(4)16)14-12-13-6-7-15(12)11(2)9-17-3/h6-7,10-11H,5,8-9H2,1-4H3,(H,13,14). The first-order valence-electron chi connectivity index (χ1n) is 6.13. The Morgan fingerprint density at radius 1 is 1.56 bits per heavy atom. The fourth-order valence-corrected chi connectivity index (χ4v) is 2.42. The molecule has 0 amide bonds. The molecule has 1 heterocycles. The van der Waals surface area contributed by atoms with Crippen LogP contribution in [0.4, 0.5) is 5.95 Å². The Morgan fingerprint density at radius 2 is 2.28 bits per heavy atom. The van der Waals surface area contributed by atoms with Gasteiger partial charge in [-0.15, -0.1) is 0 Å². The fraction of sp³-hybridized carbons (Fsp3) is 0.750. The van der Waals surface area contributed by atoms with Gasteiger partial charge in [0, 0.05) is 48.4 Å². The van der Waals surface area contributed by atoms with E-state index in [9.17, 15) is 4.21 Å². The van der Waals surface area contributed by atoms with Gasteiger partial charge in [0.25, 0.3) is 0 Å². The molecule has 5 nitrogen and oxygen atoms in total. The molecule has 0 radical (unpaired) electrons. The van der Waals surface area contributed by atoms with Crippen LogP contribution in [0.1, 0.15) is 26.3 Å². The summed E-state index contributed by atoms with van der Waals surface area (Å²) < 4.78 is 18.3. The van der Waals surface area contributed by atoms with Gasteiger partial charge in [-0.05, 0) is 20.3 Å². The minimum absolute atomic E-state index is 0.243. The Bertz CT molecular complexity index is 381. The molecule has 0 aliphatic carbocycles. The SMILES string of the molecule is COCC(C)n1ccnc1NC(C)CCS(C)=O. The lowest BCUT2D eigenvalue weighted by molar-refractivity contribution is 0.163. The predicted octanol–water partition coefficient (Wildman–Crippen LogP) is 1.66. The van der Waals surface area contributed by atoms with Crippen molar-refractivity contribution in [2.75, 3.05) is 31.0 Å². The van der Waals surface area contributed by atoms with Crippen LogP contribution < -0.4 is 5.32 Å². The summed E-state index contributed by atoms with van der Waals surface area (Å²) in [5.74, 6) is 1.55. The molecule has 3 unspecified atom stereocenters. The molecule has 1 aromatic rings. The first-order valence-corrected chi connectivity index (χ1v) is 7.85. The highest BCUT2D eigenvalue weighted by atomic mass is 32.2. The summed E-state index contributed by atoms with van der Waals surface area (Å²) in [4.78, 5) is 4.31. The Balaban J connectivity index is 2.56. The molecule has 0 aliphatic rings. The van der Waals surface area contributed by atoms with Crippen molar-refractivity contribution < 1.29 is 8.95 Å². The third-order valence-corrected chi connectivity index (χ3v) is 3.58. The number of methoxy groups -OCH3 is 1. The molecule has 104 valence electrons. The van der Waals surface area contributed by atoms with E-state index in [-0.39, 0.29) is 12.1 Å². The van der Waals surface area contributed by atoms with Crippen LogP contribution in [-0.2, 0) is 15.5 Å². The molecule has 6 heteroatoms. The number of rotatable bonds is 8. The van der Waals surface area contributed by atoms with E-state index >= 15 is 0 Å². The number of aromatic nitrogens is 2. The second-order valence-electron chi connectivity index (χ2n) is 4.57. The summed E-state index contributed by atoms with van der Waals surface area (Å²) >= 11 is 0. The second kappa shape index (κ2) is 7.53. The van der Waals surface area contributed by atoms with Crippen LogP contribution in [0.25, 0.3) is 0 Å². The number of hydrogen-bond donors (Lipinski definition) is 1. The lowest BCUT2D eigenvalue weighted by Gasteiger charge is -2.19.